The van der Waals surface area contributed by atoms with E-state index in [1.165, 1.54) is 0 Å². The molecule has 3 aromatic rings. The Morgan fingerprint density at radius 3 is 2.85 bits per heavy atom. The average molecular weight is 270 g/mol. The molecule has 0 amide bonds. The fraction of sp³-hybridized carbons (Fsp3) is 0.312. The summed E-state index contributed by atoms with van der Waals surface area (Å²) in [5.74, 6) is 1.76. The lowest BCUT2D eigenvalue weighted by molar-refractivity contribution is 0.245. The van der Waals surface area contributed by atoms with Crippen molar-refractivity contribution in [2.24, 2.45) is 0 Å². The highest BCUT2D eigenvalue weighted by atomic mass is 16.5. The highest BCUT2D eigenvalue weighted by Crippen LogP contribution is 2.27. The number of aromatic nitrogens is 2. The van der Waals surface area contributed by atoms with Gasteiger partial charge in [0.2, 0.25) is 0 Å². The molecule has 0 atom stereocenters. The lowest BCUT2D eigenvalue weighted by atomic mass is 10.2. The highest BCUT2D eigenvalue weighted by Gasteiger charge is 2.09. The lowest BCUT2D eigenvalue weighted by Crippen LogP contribution is -2.05. The van der Waals surface area contributed by atoms with E-state index in [-0.39, 0.29) is 6.10 Å². The number of rotatable bonds is 4. The van der Waals surface area contributed by atoms with E-state index >= 15 is 0 Å². The average Bonchev–Trinajstić information content (AvgIpc) is 2.97. The second kappa shape index (κ2) is 5.04. The highest BCUT2D eigenvalue weighted by molar-refractivity contribution is 5.86. The molecule has 0 aliphatic carbocycles. The Hall–Kier alpha value is -2.23. The van der Waals surface area contributed by atoms with E-state index in [9.17, 15) is 0 Å². The van der Waals surface area contributed by atoms with Crippen molar-refractivity contribution in [3.05, 3.63) is 48.0 Å². The minimum atomic E-state index is 0.169. The first kappa shape index (κ1) is 12.8. The van der Waals surface area contributed by atoms with Crippen LogP contribution in [-0.2, 0) is 6.54 Å². The van der Waals surface area contributed by atoms with Gasteiger partial charge in [-0.05, 0) is 39.0 Å². The van der Waals surface area contributed by atoms with Crippen LogP contribution >= 0.6 is 0 Å². The molecule has 2 heterocycles. The minimum absolute atomic E-state index is 0.169. The SMILES string of the molecule is Cc1cc(Cn2ccc3c(OC(C)C)cccc32)no1. The Labute approximate surface area is 117 Å². The maximum absolute atomic E-state index is 5.85. The molecule has 4 heteroatoms. The molecule has 0 spiro atoms. The molecule has 20 heavy (non-hydrogen) atoms. The minimum Gasteiger partial charge on any atom is -0.490 e. The van der Waals surface area contributed by atoms with Crippen LogP contribution in [-0.4, -0.2) is 15.8 Å². The van der Waals surface area contributed by atoms with Crippen LogP contribution in [0.1, 0.15) is 25.3 Å². The smallest absolute Gasteiger partial charge is 0.133 e. The zero-order valence-electron chi connectivity index (χ0n) is 12.0. The Balaban J connectivity index is 1.97. The van der Waals surface area contributed by atoms with Crippen molar-refractivity contribution in [3.63, 3.8) is 0 Å². The van der Waals surface area contributed by atoms with Crippen LogP contribution in [0, 0.1) is 6.92 Å². The Bertz CT molecular complexity index is 725. The van der Waals surface area contributed by atoms with Crippen LogP contribution < -0.4 is 4.74 Å². The molecule has 0 bridgehead atoms. The van der Waals surface area contributed by atoms with Gasteiger partial charge in [0.25, 0.3) is 0 Å². The molecule has 0 aliphatic heterocycles. The first-order chi connectivity index (χ1) is 9.63. The van der Waals surface area contributed by atoms with Gasteiger partial charge in [-0.1, -0.05) is 11.2 Å². The van der Waals surface area contributed by atoms with Gasteiger partial charge in [-0.2, -0.15) is 0 Å². The van der Waals surface area contributed by atoms with E-state index in [1.54, 1.807) is 0 Å². The van der Waals surface area contributed by atoms with Crippen molar-refractivity contribution in [1.29, 1.82) is 0 Å². The van der Waals surface area contributed by atoms with E-state index in [0.717, 1.165) is 28.1 Å². The lowest BCUT2D eigenvalue weighted by Gasteiger charge is -2.11. The summed E-state index contributed by atoms with van der Waals surface area (Å²) in [5, 5.41) is 5.17. The van der Waals surface area contributed by atoms with Crippen molar-refractivity contribution < 1.29 is 9.26 Å². The van der Waals surface area contributed by atoms with E-state index in [2.05, 4.69) is 28.1 Å². The van der Waals surface area contributed by atoms with Crippen LogP contribution in [0.5, 0.6) is 5.75 Å². The Kier molecular flexibility index (Phi) is 3.22. The number of aryl methyl sites for hydroxylation is 1. The molecule has 1 aromatic carbocycles. The van der Waals surface area contributed by atoms with Crippen LogP contribution in [0.15, 0.2) is 41.1 Å². The predicted octanol–water partition coefficient (Wildman–Crippen LogP) is 3.77. The van der Waals surface area contributed by atoms with Crippen molar-refractivity contribution in [3.8, 4) is 5.75 Å². The van der Waals surface area contributed by atoms with Crippen LogP contribution in [0.4, 0.5) is 0 Å². The summed E-state index contributed by atoms with van der Waals surface area (Å²) in [7, 11) is 0. The standard InChI is InChI=1S/C16H18N2O2/c1-11(2)19-16-6-4-5-15-14(16)7-8-18(15)10-13-9-12(3)20-17-13/h4-9,11H,10H2,1-3H3. The molecule has 0 aliphatic rings. The second-order valence-electron chi connectivity index (χ2n) is 5.23. The maximum Gasteiger partial charge on any atom is 0.133 e. The van der Waals surface area contributed by atoms with Crippen molar-refractivity contribution in [2.75, 3.05) is 0 Å². The monoisotopic (exact) mass is 270 g/mol. The summed E-state index contributed by atoms with van der Waals surface area (Å²) in [6.07, 6.45) is 2.23. The molecule has 2 aromatic heterocycles. The number of benzene rings is 1. The predicted molar refractivity (Wildman–Crippen MR) is 78.0 cm³/mol. The fourth-order valence-electron chi connectivity index (χ4n) is 2.36. The zero-order valence-corrected chi connectivity index (χ0v) is 12.0. The molecular formula is C16H18N2O2. The van der Waals surface area contributed by atoms with Gasteiger partial charge < -0.3 is 13.8 Å². The molecule has 0 fully saturated rings. The third kappa shape index (κ3) is 2.41. The van der Waals surface area contributed by atoms with Gasteiger partial charge in [-0.3, -0.25) is 0 Å². The van der Waals surface area contributed by atoms with Gasteiger partial charge >= 0.3 is 0 Å². The summed E-state index contributed by atoms with van der Waals surface area (Å²) in [6.45, 7) is 6.67. The van der Waals surface area contributed by atoms with E-state index in [1.807, 2.05) is 39.0 Å². The van der Waals surface area contributed by atoms with Crippen molar-refractivity contribution in [1.82, 2.24) is 9.72 Å². The largest absolute Gasteiger partial charge is 0.490 e. The molecule has 4 nitrogen and oxygen atoms in total. The van der Waals surface area contributed by atoms with E-state index < -0.39 is 0 Å². The molecule has 0 N–H and O–H groups in total. The normalized spacial score (nSPS) is 11.4. The topological polar surface area (TPSA) is 40.2 Å². The molecule has 3 rings (SSSR count). The van der Waals surface area contributed by atoms with Crippen LogP contribution in [0.25, 0.3) is 10.9 Å². The summed E-state index contributed by atoms with van der Waals surface area (Å²) in [6, 6.07) is 10.2. The van der Waals surface area contributed by atoms with Gasteiger partial charge in [0.05, 0.1) is 18.2 Å². The molecule has 0 unspecified atom stereocenters. The fourth-order valence-corrected chi connectivity index (χ4v) is 2.36. The summed E-state index contributed by atoms with van der Waals surface area (Å²) in [5.41, 5.74) is 2.07. The number of hydrogen-bond donors (Lipinski definition) is 0. The third-order valence-electron chi connectivity index (χ3n) is 3.15. The van der Waals surface area contributed by atoms with Crippen molar-refractivity contribution >= 4 is 10.9 Å². The first-order valence-corrected chi connectivity index (χ1v) is 6.80. The Morgan fingerprint density at radius 2 is 2.15 bits per heavy atom. The number of nitrogens with zero attached hydrogens (tertiary/aromatic N) is 2. The van der Waals surface area contributed by atoms with E-state index in [4.69, 9.17) is 9.26 Å². The van der Waals surface area contributed by atoms with Gasteiger partial charge in [-0.25, -0.2) is 0 Å². The van der Waals surface area contributed by atoms with Gasteiger partial charge in [0, 0.05) is 17.6 Å². The maximum atomic E-state index is 5.85. The van der Waals surface area contributed by atoms with Gasteiger partial charge in [0.15, 0.2) is 0 Å². The number of ether oxygens (including phenoxy) is 1. The van der Waals surface area contributed by atoms with Crippen molar-refractivity contribution in [2.45, 2.75) is 33.4 Å². The summed E-state index contributed by atoms with van der Waals surface area (Å²) < 4.78 is 13.1. The van der Waals surface area contributed by atoms with Crippen LogP contribution in [0.3, 0.4) is 0 Å². The molecule has 0 saturated heterocycles. The third-order valence-corrected chi connectivity index (χ3v) is 3.15. The first-order valence-electron chi connectivity index (χ1n) is 6.80. The van der Waals surface area contributed by atoms with Gasteiger partial charge in [-0.15, -0.1) is 0 Å². The second-order valence-corrected chi connectivity index (χ2v) is 5.23. The van der Waals surface area contributed by atoms with Gasteiger partial charge in [0.1, 0.15) is 17.2 Å². The molecule has 0 saturated carbocycles. The van der Waals surface area contributed by atoms with E-state index in [0.29, 0.717) is 6.54 Å². The summed E-state index contributed by atoms with van der Waals surface area (Å²) >= 11 is 0. The Morgan fingerprint density at radius 1 is 1.30 bits per heavy atom. The molecular weight excluding hydrogens is 252 g/mol. The number of fused-ring (bicyclic) bond motifs is 1. The molecule has 104 valence electrons. The zero-order chi connectivity index (χ0) is 14.1. The number of hydrogen-bond acceptors (Lipinski definition) is 3. The van der Waals surface area contributed by atoms with Crippen LogP contribution in [0.2, 0.25) is 0 Å². The molecule has 0 radical (unpaired) electrons. The quantitative estimate of drug-likeness (QED) is 0.724. The summed E-state index contributed by atoms with van der Waals surface area (Å²) in [4.78, 5) is 0.